The second-order valence-corrected chi connectivity index (χ2v) is 6.31. The van der Waals surface area contributed by atoms with Gasteiger partial charge in [-0.2, -0.15) is 0 Å². The monoisotopic (exact) mass is 270 g/mol. The number of hydrogen-bond acceptors (Lipinski definition) is 4. The zero-order valence-electron chi connectivity index (χ0n) is 12.7. The largest absolute Gasteiger partial charge is 0.409 e. The van der Waals surface area contributed by atoms with Crippen molar-refractivity contribution in [3.8, 4) is 0 Å². The van der Waals surface area contributed by atoms with Crippen LogP contribution in [0.1, 0.15) is 46.0 Å². The average Bonchev–Trinajstić information content (AvgIpc) is 2.78. The van der Waals surface area contributed by atoms with Crippen molar-refractivity contribution in [2.75, 3.05) is 26.7 Å². The molecule has 1 atom stereocenters. The summed E-state index contributed by atoms with van der Waals surface area (Å²) in [6, 6.07) is 0.716. The highest BCUT2D eigenvalue weighted by Gasteiger charge is 2.23. The molecule has 1 heterocycles. The van der Waals surface area contributed by atoms with E-state index in [2.05, 4.69) is 22.4 Å². The Kier molecular flexibility index (Phi) is 6.58. The van der Waals surface area contributed by atoms with Crippen molar-refractivity contribution in [2.24, 2.45) is 16.3 Å². The molecule has 0 spiro atoms. The summed E-state index contributed by atoms with van der Waals surface area (Å²) in [4.78, 5) is 2.44. The van der Waals surface area contributed by atoms with Gasteiger partial charge in [-0.05, 0) is 45.8 Å². The molecular weight excluding hydrogens is 240 g/mol. The zero-order chi connectivity index (χ0) is 14.3. The van der Waals surface area contributed by atoms with Gasteiger partial charge in [-0.3, -0.25) is 0 Å². The molecule has 1 aliphatic heterocycles. The lowest BCUT2D eigenvalue weighted by molar-refractivity contribution is 0.297. The minimum Gasteiger partial charge on any atom is -0.409 e. The number of likely N-dealkylation sites (tertiary alicyclic amines) is 1. The molecule has 5 heteroatoms. The number of unbranched alkanes of at least 4 members (excludes halogenated alkanes) is 1. The van der Waals surface area contributed by atoms with Crippen molar-refractivity contribution in [1.82, 2.24) is 10.2 Å². The predicted molar refractivity (Wildman–Crippen MR) is 79.6 cm³/mol. The molecule has 19 heavy (non-hydrogen) atoms. The van der Waals surface area contributed by atoms with Crippen molar-refractivity contribution in [2.45, 2.75) is 52.0 Å². The molecule has 1 aliphatic rings. The van der Waals surface area contributed by atoms with Crippen LogP contribution >= 0.6 is 0 Å². The van der Waals surface area contributed by atoms with Gasteiger partial charge in [0.25, 0.3) is 0 Å². The van der Waals surface area contributed by atoms with E-state index < -0.39 is 0 Å². The molecule has 1 rings (SSSR count). The van der Waals surface area contributed by atoms with Gasteiger partial charge in [0.05, 0.1) is 0 Å². The van der Waals surface area contributed by atoms with Crippen molar-refractivity contribution in [1.29, 1.82) is 0 Å². The average molecular weight is 270 g/mol. The minimum absolute atomic E-state index is 0.208. The molecule has 0 aliphatic carbocycles. The van der Waals surface area contributed by atoms with Crippen LogP contribution in [0.5, 0.6) is 0 Å². The van der Waals surface area contributed by atoms with Gasteiger partial charge < -0.3 is 21.2 Å². The van der Waals surface area contributed by atoms with Crippen LogP contribution in [0, 0.1) is 5.41 Å². The highest BCUT2D eigenvalue weighted by molar-refractivity contribution is 5.85. The summed E-state index contributed by atoms with van der Waals surface area (Å²) in [5.74, 6) is 0.327. The van der Waals surface area contributed by atoms with Crippen LogP contribution in [0.25, 0.3) is 0 Å². The number of nitrogens with two attached hydrogens (primary N) is 1. The fraction of sp³-hybridized carbons (Fsp3) is 0.929. The second-order valence-electron chi connectivity index (χ2n) is 6.31. The molecule has 112 valence electrons. The first-order valence-corrected chi connectivity index (χ1v) is 7.36. The molecule has 4 N–H and O–H groups in total. The van der Waals surface area contributed by atoms with E-state index in [0.717, 1.165) is 32.4 Å². The molecule has 1 saturated heterocycles. The Hall–Kier alpha value is -0.810. The number of hydrogen-bond donors (Lipinski definition) is 3. The molecule has 0 amide bonds. The van der Waals surface area contributed by atoms with E-state index in [4.69, 9.17) is 10.9 Å². The lowest BCUT2D eigenvalue weighted by atomic mass is 9.86. The van der Waals surface area contributed by atoms with Crippen LogP contribution < -0.4 is 11.1 Å². The highest BCUT2D eigenvalue weighted by atomic mass is 16.4. The molecular formula is C14H30N4O. The van der Waals surface area contributed by atoms with Crippen molar-refractivity contribution >= 4 is 5.84 Å². The third-order valence-electron chi connectivity index (χ3n) is 4.26. The molecule has 0 bridgehead atoms. The van der Waals surface area contributed by atoms with E-state index in [-0.39, 0.29) is 5.41 Å². The molecule has 0 saturated carbocycles. The Morgan fingerprint density at radius 2 is 2.21 bits per heavy atom. The van der Waals surface area contributed by atoms with E-state index >= 15 is 0 Å². The normalized spacial score (nSPS) is 22.1. The standard InChI is InChI=1S/C14H30N4O/c1-14(2,13(15)17-19)8-4-5-9-16-11-12-7-6-10-18(12)3/h12,16,19H,4-11H2,1-3H3,(H2,15,17). The van der Waals surface area contributed by atoms with E-state index in [0.29, 0.717) is 11.9 Å². The van der Waals surface area contributed by atoms with Crippen molar-refractivity contribution < 1.29 is 5.21 Å². The molecule has 5 nitrogen and oxygen atoms in total. The van der Waals surface area contributed by atoms with Crippen LogP contribution in [0.2, 0.25) is 0 Å². The van der Waals surface area contributed by atoms with Gasteiger partial charge in [-0.25, -0.2) is 0 Å². The molecule has 1 fully saturated rings. The van der Waals surface area contributed by atoms with Crippen LogP contribution in [0.15, 0.2) is 5.16 Å². The third kappa shape index (κ3) is 5.37. The van der Waals surface area contributed by atoms with Crippen molar-refractivity contribution in [3.63, 3.8) is 0 Å². The summed E-state index contributed by atoms with van der Waals surface area (Å²) in [6.45, 7) is 7.42. The third-order valence-corrected chi connectivity index (χ3v) is 4.26. The van der Waals surface area contributed by atoms with Gasteiger partial charge in [0.15, 0.2) is 0 Å². The maximum Gasteiger partial charge on any atom is 0.144 e. The fourth-order valence-corrected chi connectivity index (χ4v) is 2.59. The Labute approximate surface area is 117 Å². The van der Waals surface area contributed by atoms with Gasteiger partial charge in [-0.15, -0.1) is 0 Å². The Morgan fingerprint density at radius 3 is 2.79 bits per heavy atom. The summed E-state index contributed by atoms with van der Waals surface area (Å²) in [6.07, 6.45) is 5.83. The van der Waals surface area contributed by atoms with Gasteiger partial charge >= 0.3 is 0 Å². The first-order chi connectivity index (χ1) is 8.97. The molecule has 0 aromatic carbocycles. The molecule has 0 radical (unpaired) electrons. The topological polar surface area (TPSA) is 73.9 Å². The summed E-state index contributed by atoms with van der Waals surface area (Å²) in [7, 11) is 2.21. The van der Waals surface area contributed by atoms with E-state index in [1.807, 2.05) is 13.8 Å². The zero-order valence-corrected chi connectivity index (χ0v) is 12.7. The quantitative estimate of drug-likeness (QED) is 0.206. The van der Waals surface area contributed by atoms with Gasteiger partial charge in [-0.1, -0.05) is 25.4 Å². The predicted octanol–water partition coefficient (Wildman–Crippen LogP) is 1.61. The van der Waals surface area contributed by atoms with Crippen LogP contribution in [0.4, 0.5) is 0 Å². The fourth-order valence-electron chi connectivity index (χ4n) is 2.59. The van der Waals surface area contributed by atoms with Crippen LogP contribution in [-0.2, 0) is 0 Å². The van der Waals surface area contributed by atoms with E-state index in [9.17, 15) is 0 Å². The second kappa shape index (κ2) is 7.70. The van der Waals surface area contributed by atoms with E-state index in [1.54, 1.807) is 0 Å². The Balaban J connectivity index is 2.05. The van der Waals surface area contributed by atoms with E-state index in [1.165, 1.54) is 19.4 Å². The number of amidine groups is 1. The van der Waals surface area contributed by atoms with Gasteiger partial charge in [0, 0.05) is 18.0 Å². The van der Waals surface area contributed by atoms with Gasteiger partial charge in [0.2, 0.25) is 0 Å². The summed E-state index contributed by atoms with van der Waals surface area (Å²) in [5, 5.41) is 15.3. The minimum atomic E-state index is -0.208. The smallest absolute Gasteiger partial charge is 0.144 e. The maximum atomic E-state index is 8.70. The van der Waals surface area contributed by atoms with Crippen LogP contribution in [-0.4, -0.2) is 48.7 Å². The number of likely N-dealkylation sites (N-methyl/N-ethyl adjacent to an activating group) is 1. The van der Waals surface area contributed by atoms with Crippen molar-refractivity contribution in [3.05, 3.63) is 0 Å². The molecule has 0 aromatic heterocycles. The SMILES string of the molecule is CN1CCCC1CNCCCCC(C)(C)C(N)=NO. The molecule has 0 aromatic rings. The lowest BCUT2D eigenvalue weighted by Crippen LogP contribution is -2.36. The first kappa shape index (κ1) is 16.2. The summed E-state index contributed by atoms with van der Waals surface area (Å²) in [5.41, 5.74) is 5.46. The summed E-state index contributed by atoms with van der Waals surface area (Å²) < 4.78 is 0. The molecule has 1 unspecified atom stereocenters. The number of nitrogens with one attached hydrogen (secondary N) is 1. The highest BCUT2D eigenvalue weighted by Crippen LogP contribution is 2.23. The number of oxime groups is 1. The lowest BCUT2D eigenvalue weighted by Gasteiger charge is -2.23. The Bertz CT molecular complexity index is 291. The van der Waals surface area contributed by atoms with Gasteiger partial charge in [0.1, 0.15) is 5.84 Å². The number of nitrogens with zero attached hydrogens (tertiary/aromatic N) is 2. The number of rotatable bonds is 8. The Morgan fingerprint density at radius 1 is 1.47 bits per heavy atom. The first-order valence-electron chi connectivity index (χ1n) is 7.36. The summed E-state index contributed by atoms with van der Waals surface area (Å²) >= 11 is 0. The maximum absolute atomic E-state index is 8.70. The van der Waals surface area contributed by atoms with Crippen LogP contribution in [0.3, 0.4) is 0 Å².